The van der Waals surface area contributed by atoms with Gasteiger partial charge < -0.3 is 9.94 Å². The number of morpholine rings is 1. The van der Waals surface area contributed by atoms with Gasteiger partial charge in [0.25, 0.3) is 0 Å². The van der Waals surface area contributed by atoms with Crippen molar-refractivity contribution in [1.82, 2.24) is 24.6 Å². The second-order valence-electron chi connectivity index (χ2n) is 7.03. The minimum absolute atomic E-state index is 0.116. The lowest BCUT2D eigenvalue weighted by Crippen LogP contribution is -2.59. The molecule has 2 aliphatic rings. The summed E-state index contributed by atoms with van der Waals surface area (Å²) in [6.07, 6.45) is 4.25. The Morgan fingerprint density at radius 3 is 2.88 bits per heavy atom. The average molecular weight is 434 g/mol. The van der Waals surface area contributed by atoms with Crippen molar-refractivity contribution < 1.29 is 4.74 Å². The van der Waals surface area contributed by atoms with E-state index in [-0.39, 0.29) is 6.17 Å². The average Bonchev–Trinajstić information content (AvgIpc) is 3.19. The third-order valence-corrected chi connectivity index (χ3v) is 6.76. The minimum atomic E-state index is -0.407. The smallest absolute Gasteiger partial charge is 0.309 e. The Morgan fingerprint density at radius 1 is 1.40 bits per heavy atom. The lowest BCUT2D eigenvalue weighted by atomic mass is 10.2. The molecule has 2 aliphatic heterocycles. The van der Waals surface area contributed by atoms with E-state index in [1.54, 1.807) is 0 Å². The Kier molecular flexibility index (Phi) is 6.81. The number of hydroxylamine groups is 2. The van der Waals surface area contributed by atoms with Crippen molar-refractivity contribution in [3.05, 3.63) is 10.2 Å². The molecule has 9 heteroatoms. The van der Waals surface area contributed by atoms with Crippen LogP contribution in [0.3, 0.4) is 0 Å². The van der Waals surface area contributed by atoms with Crippen molar-refractivity contribution in [3.63, 3.8) is 0 Å². The summed E-state index contributed by atoms with van der Waals surface area (Å²) in [5, 5.41) is 23.9. The number of aromatic nitrogens is 2. The summed E-state index contributed by atoms with van der Waals surface area (Å²) >= 11 is 5.21. The first-order valence-corrected chi connectivity index (χ1v) is 10.8. The van der Waals surface area contributed by atoms with Crippen molar-refractivity contribution in [3.8, 4) is 0 Å². The topological polar surface area (TPSA) is 64.6 Å². The van der Waals surface area contributed by atoms with Gasteiger partial charge in [0.2, 0.25) is 0 Å². The molecule has 1 aromatic rings. The van der Waals surface area contributed by atoms with E-state index in [0.29, 0.717) is 29.8 Å². The molecular formula is C16H28BrN5O2S. The van der Waals surface area contributed by atoms with E-state index < -0.39 is 4.65 Å². The van der Waals surface area contributed by atoms with Crippen LogP contribution in [-0.4, -0.2) is 77.6 Å². The highest BCUT2D eigenvalue weighted by molar-refractivity contribution is 9.09. The van der Waals surface area contributed by atoms with E-state index >= 15 is 0 Å². The number of rotatable bonds is 7. The quantitative estimate of drug-likeness (QED) is 0.373. The molecule has 0 N–H and O–H groups in total. The number of quaternary nitrogens is 1. The third-order valence-electron chi connectivity index (χ3n) is 4.92. The summed E-state index contributed by atoms with van der Waals surface area (Å²) in [7, 11) is 2.01. The maximum Gasteiger partial charge on any atom is 0.309 e. The van der Waals surface area contributed by atoms with E-state index in [9.17, 15) is 5.21 Å². The summed E-state index contributed by atoms with van der Waals surface area (Å²) in [4.78, 5) is 4.77. The fourth-order valence-electron chi connectivity index (χ4n) is 3.56. The van der Waals surface area contributed by atoms with Crippen LogP contribution in [0.4, 0.5) is 5.13 Å². The van der Waals surface area contributed by atoms with Crippen molar-refractivity contribution >= 4 is 32.4 Å². The van der Waals surface area contributed by atoms with Crippen LogP contribution in [0.1, 0.15) is 31.2 Å². The van der Waals surface area contributed by atoms with Gasteiger partial charge in [-0.3, -0.25) is 9.55 Å². The van der Waals surface area contributed by atoms with Gasteiger partial charge in [0.1, 0.15) is 11.7 Å². The number of likely N-dealkylation sites (N-methyl/N-ethyl adjacent to an activating group) is 1. The zero-order chi connectivity index (χ0) is 17.9. The predicted molar refractivity (Wildman–Crippen MR) is 105 cm³/mol. The van der Waals surface area contributed by atoms with E-state index in [4.69, 9.17) is 4.74 Å². The number of unbranched alkanes of at least 4 members (excludes halogenated alkanes) is 1. The van der Waals surface area contributed by atoms with Gasteiger partial charge in [0, 0.05) is 24.3 Å². The normalized spacial score (nSPS) is 30.0. The zero-order valence-electron chi connectivity index (χ0n) is 15.1. The number of nitrogens with zero attached hydrogens (tertiary/aromatic N) is 5. The molecule has 0 saturated carbocycles. The summed E-state index contributed by atoms with van der Waals surface area (Å²) in [5.74, 6) is 0. The summed E-state index contributed by atoms with van der Waals surface area (Å²) in [6, 6.07) is 0. The first-order valence-electron chi connectivity index (χ1n) is 9.09. The summed E-state index contributed by atoms with van der Waals surface area (Å²) < 4.78 is 5.04. The van der Waals surface area contributed by atoms with Crippen LogP contribution in [0.2, 0.25) is 0 Å². The third kappa shape index (κ3) is 4.58. The van der Waals surface area contributed by atoms with Crippen molar-refractivity contribution in [2.45, 2.75) is 43.6 Å². The summed E-state index contributed by atoms with van der Waals surface area (Å²) in [5.41, 5.74) is 0. The first-order chi connectivity index (χ1) is 12.0. The van der Waals surface area contributed by atoms with Gasteiger partial charge in [0.15, 0.2) is 6.17 Å². The van der Waals surface area contributed by atoms with Crippen LogP contribution in [0.5, 0.6) is 0 Å². The van der Waals surface area contributed by atoms with Gasteiger partial charge in [-0.05, 0) is 24.8 Å². The molecule has 3 heterocycles. The molecule has 0 aromatic carbocycles. The highest BCUT2D eigenvalue weighted by atomic mass is 79.9. The standard InChI is InChI=1S/C16H28BrN5O2S/c1-3-4-5-13(17)10-14-18-19-16(25-14)22(23)12-20(2)11-15(22)21-6-8-24-9-7-21/h13,15H,3-12H2,1-2H3. The molecule has 2 fully saturated rings. The number of alkyl halides is 1. The molecule has 1 aromatic heterocycles. The Bertz CT molecular complexity index is 556. The van der Waals surface area contributed by atoms with E-state index in [1.165, 1.54) is 24.2 Å². The van der Waals surface area contributed by atoms with E-state index in [1.807, 2.05) is 7.05 Å². The molecule has 0 aliphatic carbocycles. The second kappa shape index (κ2) is 8.69. The van der Waals surface area contributed by atoms with Gasteiger partial charge in [-0.2, -0.15) is 0 Å². The van der Waals surface area contributed by atoms with Gasteiger partial charge in [0.05, 0.1) is 19.8 Å². The lowest BCUT2D eigenvalue weighted by molar-refractivity contribution is -0.00410. The number of ether oxygens (including phenoxy) is 1. The molecule has 142 valence electrons. The molecule has 7 nitrogen and oxygen atoms in total. The molecule has 0 bridgehead atoms. The Hall–Kier alpha value is -0.160. The van der Waals surface area contributed by atoms with Crippen LogP contribution in [-0.2, 0) is 11.2 Å². The SMILES string of the molecule is CCCCC(Br)Cc1nnc([N+]2([O-])CN(C)CC2N2CCOCC2)s1. The predicted octanol–water partition coefficient (Wildman–Crippen LogP) is 2.40. The van der Waals surface area contributed by atoms with Gasteiger partial charge in [-0.15, -0.1) is 5.10 Å². The van der Waals surface area contributed by atoms with Crippen molar-refractivity contribution in [2.24, 2.45) is 0 Å². The van der Waals surface area contributed by atoms with E-state index in [0.717, 1.165) is 37.5 Å². The highest BCUT2D eigenvalue weighted by Crippen LogP contribution is 2.35. The van der Waals surface area contributed by atoms with Crippen LogP contribution in [0.25, 0.3) is 0 Å². The van der Waals surface area contributed by atoms with Crippen LogP contribution in [0.15, 0.2) is 0 Å². The van der Waals surface area contributed by atoms with Crippen molar-refractivity contribution in [2.75, 3.05) is 46.6 Å². The van der Waals surface area contributed by atoms with Crippen LogP contribution in [0, 0.1) is 5.21 Å². The van der Waals surface area contributed by atoms with Crippen LogP contribution < -0.4 is 4.65 Å². The highest BCUT2D eigenvalue weighted by Gasteiger charge is 2.46. The molecule has 2 saturated heterocycles. The maximum absolute atomic E-state index is 13.7. The lowest BCUT2D eigenvalue weighted by Gasteiger charge is -2.45. The maximum atomic E-state index is 13.7. The molecule has 0 amide bonds. The molecule has 0 spiro atoms. The zero-order valence-corrected chi connectivity index (χ0v) is 17.5. The molecule has 3 rings (SSSR count). The van der Waals surface area contributed by atoms with Crippen molar-refractivity contribution in [1.29, 1.82) is 0 Å². The Morgan fingerprint density at radius 2 is 2.16 bits per heavy atom. The molecule has 0 radical (unpaired) electrons. The fraction of sp³-hybridized carbons (Fsp3) is 0.875. The monoisotopic (exact) mass is 433 g/mol. The molecular weight excluding hydrogens is 406 g/mol. The molecule has 3 atom stereocenters. The van der Waals surface area contributed by atoms with Gasteiger partial charge in [-0.1, -0.05) is 40.8 Å². The minimum Gasteiger partial charge on any atom is -0.623 e. The first kappa shape index (κ1) is 19.6. The van der Waals surface area contributed by atoms with Gasteiger partial charge in [-0.25, -0.2) is 4.90 Å². The number of hydrogen-bond donors (Lipinski definition) is 0. The fourth-order valence-corrected chi connectivity index (χ4v) is 5.40. The molecule has 25 heavy (non-hydrogen) atoms. The number of halogens is 1. The van der Waals surface area contributed by atoms with Crippen LogP contribution >= 0.6 is 27.3 Å². The largest absolute Gasteiger partial charge is 0.623 e. The van der Waals surface area contributed by atoms with Gasteiger partial charge >= 0.3 is 5.13 Å². The van der Waals surface area contributed by atoms with E-state index in [2.05, 4.69) is 42.9 Å². The molecule has 3 unspecified atom stereocenters. The Labute approximate surface area is 162 Å². The summed E-state index contributed by atoms with van der Waals surface area (Å²) in [6.45, 7) is 6.42. The Balaban J connectivity index is 1.72. The number of hydrogen-bond acceptors (Lipinski definition) is 7. The second-order valence-corrected chi connectivity index (χ2v) is 9.36.